The Bertz CT molecular complexity index is 806. The first-order chi connectivity index (χ1) is 10.1. The van der Waals surface area contributed by atoms with E-state index in [1.165, 1.54) is 10.3 Å². The zero-order valence-corrected chi connectivity index (χ0v) is 14.1. The first kappa shape index (κ1) is 14.2. The summed E-state index contributed by atoms with van der Waals surface area (Å²) in [6.45, 7) is 4.05. The minimum Gasteiger partial charge on any atom is -0.252 e. The largest absolute Gasteiger partial charge is 0.252 e. The van der Waals surface area contributed by atoms with Crippen LogP contribution in [0.15, 0.2) is 52.0 Å². The number of nitrogens with zero attached hydrogens (tertiary/aromatic N) is 2. The zero-order valence-electron chi connectivity index (χ0n) is 11.7. The predicted molar refractivity (Wildman–Crippen MR) is 94.3 cm³/mol. The van der Waals surface area contributed by atoms with Gasteiger partial charge in [0.2, 0.25) is 5.13 Å². The van der Waals surface area contributed by atoms with Crippen molar-refractivity contribution in [3.63, 3.8) is 0 Å². The van der Waals surface area contributed by atoms with Crippen molar-refractivity contribution in [2.24, 2.45) is 5.10 Å². The topological polar surface area (TPSA) is 37.3 Å². The molecule has 21 heavy (non-hydrogen) atoms. The number of hydrogen-bond donors (Lipinski definition) is 1. The molecule has 0 radical (unpaired) electrons. The molecule has 3 aromatic rings. The second kappa shape index (κ2) is 5.95. The van der Waals surface area contributed by atoms with Crippen molar-refractivity contribution in [1.29, 1.82) is 0 Å². The fourth-order valence-corrected chi connectivity index (χ4v) is 3.17. The summed E-state index contributed by atoms with van der Waals surface area (Å²) in [6.07, 6.45) is 0. The van der Waals surface area contributed by atoms with E-state index in [1.54, 1.807) is 11.3 Å². The smallest absolute Gasteiger partial charge is 0.204 e. The minimum absolute atomic E-state index is 0.816. The maximum atomic E-state index is 4.58. The van der Waals surface area contributed by atoms with E-state index in [2.05, 4.69) is 56.6 Å². The highest BCUT2D eigenvalue weighted by Gasteiger charge is 2.05. The summed E-state index contributed by atoms with van der Waals surface area (Å²) in [5.41, 5.74) is 7.30. The molecule has 5 heteroatoms. The van der Waals surface area contributed by atoms with Gasteiger partial charge in [-0.2, -0.15) is 5.10 Å². The van der Waals surface area contributed by atoms with E-state index in [0.29, 0.717) is 0 Å². The highest BCUT2D eigenvalue weighted by atomic mass is 79.9. The molecular weight excluding hydrogens is 346 g/mol. The van der Waals surface area contributed by atoms with Crippen LogP contribution in [0, 0.1) is 6.92 Å². The van der Waals surface area contributed by atoms with E-state index >= 15 is 0 Å². The number of benzene rings is 2. The van der Waals surface area contributed by atoms with Crippen LogP contribution in [0.5, 0.6) is 0 Å². The third kappa shape index (κ3) is 3.14. The molecule has 1 aromatic heterocycles. The van der Waals surface area contributed by atoms with Gasteiger partial charge in [0.15, 0.2) is 0 Å². The molecule has 106 valence electrons. The van der Waals surface area contributed by atoms with Crippen molar-refractivity contribution in [1.82, 2.24) is 4.98 Å². The lowest BCUT2D eigenvalue weighted by molar-refractivity contribution is 1.28. The molecule has 0 amide bonds. The van der Waals surface area contributed by atoms with E-state index < -0.39 is 0 Å². The molecule has 0 saturated carbocycles. The number of aromatic nitrogens is 1. The Balaban J connectivity index is 1.83. The summed E-state index contributed by atoms with van der Waals surface area (Å²) < 4.78 is 2.24. The average molecular weight is 360 g/mol. The molecular formula is C16H14BrN3S. The molecule has 0 spiro atoms. The molecule has 0 aliphatic carbocycles. The number of anilines is 1. The molecule has 2 aromatic carbocycles. The van der Waals surface area contributed by atoms with Crippen molar-refractivity contribution < 1.29 is 0 Å². The van der Waals surface area contributed by atoms with Crippen LogP contribution in [0.3, 0.4) is 0 Å². The lowest BCUT2D eigenvalue weighted by Crippen LogP contribution is -1.99. The van der Waals surface area contributed by atoms with Crippen LogP contribution in [-0.2, 0) is 0 Å². The number of nitrogens with one attached hydrogen (secondary N) is 1. The second-order valence-electron chi connectivity index (χ2n) is 4.76. The lowest BCUT2D eigenvalue weighted by atomic mass is 10.1. The van der Waals surface area contributed by atoms with E-state index in [0.717, 1.165) is 26.4 Å². The van der Waals surface area contributed by atoms with Crippen molar-refractivity contribution >= 4 is 48.3 Å². The fraction of sp³-hybridized carbons (Fsp3) is 0.125. The van der Waals surface area contributed by atoms with Gasteiger partial charge in [-0.25, -0.2) is 4.98 Å². The Labute approximate surface area is 135 Å². The van der Waals surface area contributed by atoms with Gasteiger partial charge in [0.25, 0.3) is 0 Å². The molecule has 0 atom stereocenters. The number of para-hydroxylation sites is 1. The number of hydrogen-bond acceptors (Lipinski definition) is 4. The number of thiazole rings is 1. The van der Waals surface area contributed by atoms with E-state index in [4.69, 9.17) is 0 Å². The average Bonchev–Trinajstić information content (AvgIpc) is 2.90. The van der Waals surface area contributed by atoms with Gasteiger partial charge < -0.3 is 0 Å². The van der Waals surface area contributed by atoms with Gasteiger partial charge in [0.05, 0.1) is 15.9 Å². The first-order valence-corrected chi connectivity index (χ1v) is 8.17. The van der Waals surface area contributed by atoms with Gasteiger partial charge in [0.1, 0.15) is 0 Å². The maximum Gasteiger partial charge on any atom is 0.204 e. The van der Waals surface area contributed by atoms with Crippen LogP contribution in [0.25, 0.3) is 10.2 Å². The van der Waals surface area contributed by atoms with Gasteiger partial charge in [-0.15, -0.1) is 0 Å². The van der Waals surface area contributed by atoms with E-state index in [1.807, 2.05) is 31.2 Å². The number of fused-ring (bicyclic) bond motifs is 1. The van der Waals surface area contributed by atoms with E-state index in [-0.39, 0.29) is 0 Å². The normalized spacial score (nSPS) is 11.9. The number of halogens is 1. The molecule has 0 aliphatic heterocycles. The van der Waals surface area contributed by atoms with Gasteiger partial charge in [0, 0.05) is 4.47 Å². The standard InChI is InChI=1S/C16H14BrN3S/c1-10-4-3-5-14-15(10)18-16(21-14)20-19-11(2)12-6-8-13(17)9-7-12/h3-9H,1-2H3,(H,18,20)/b19-11+. The number of rotatable bonds is 3. The van der Waals surface area contributed by atoms with Crippen LogP contribution < -0.4 is 5.43 Å². The summed E-state index contributed by atoms with van der Waals surface area (Å²) in [4.78, 5) is 4.58. The Morgan fingerprint density at radius 3 is 2.67 bits per heavy atom. The van der Waals surface area contributed by atoms with Crippen LogP contribution in [0.1, 0.15) is 18.1 Å². The second-order valence-corrected chi connectivity index (χ2v) is 6.70. The summed E-state index contributed by atoms with van der Waals surface area (Å²) in [6, 6.07) is 14.3. The fourth-order valence-electron chi connectivity index (χ4n) is 2.02. The molecule has 0 fully saturated rings. The summed E-state index contributed by atoms with van der Waals surface area (Å²) in [7, 11) is 0. The number of hydrazone groups is 1. The molecule has 3 nitrogen and oxygen atoms in total. The molecule has 1 N–H and O–H groups in total. The summed E-state index contributed by atoms with van der Waals surface area (Å²) in [5, 5.41) is 5.23. The minimum atomic E-state index is 0.816. The molecule has 1 heterocycles. The van der Waals surface area contributed by atoms with Crippen molar-refractivity contribution in [2.45, 2.75) is 13.8 Å². The summed E-state index contributed by atoms with van der Waals surface area (Å²) >= 11 is 5.05. The lowest BCUT2D eigenvalue weighted by Gasteiger charge is -2.01. The zero-order chi connectivity index (χ0) is 14.8. The quantitative estimate of drug-likeness (QED) is 0.515. The Kier molecular flexibility index (Phi) is 4.03. The van der Waals surface area contributed by atoms with Crippen LogP contribution >= 0.6 is 27.3 Å². The van der Waals surface area contributed by atoms with Gasteiger partial charge in [-0.1, -0.05) is 51.5 Å². The highest BCUT2D eigenvalue weighted by Crippen LogP contribution is 2.27. The molecule has 0 unspecified atom stereocenters. The maximum absolute atomic E-state index is 4.58. The molecule has 0 bridgehead atoms. The van der Waals surface area contributed by atoms with Crippen molar-refractivity contribution in [3.8, 4) is 0 Å². The van der Waals surface area contributed by atoms with Crippen molar-refractivity contribution in [2.75, 3.05) is 5.43 Å². The van der Waals surface area contributed by atoms with Crippen LogP contribution in [-0.4, -0.2) is 10.7 Å². The third-order valence-electron chi connectivity index (χ3n) is 3.20. The highest BCUT2D eigenvalue weighted by molar-refractivity contribution is 9.10. The van der Waals surface area contributed by atoms with Gasteiger partial charge in [-0.3, -0.25) is 5.43 Å². The number of aryl methyl sites for hydroxylation is 1. The monoisotopic (exact) mass is 359 g/mol. The Morgan fingerprint density at radius 2 is 1.95 bits per heavy atom. The molecule has 3 rings (SSSR count). The molecule has 0 aliphatic rings. The Morgan fingerprint density at radius 1 is 1.19 bits per heavy atom. The van der Waals surface area contributed by atoms with Gasteiger partial charge >= 0.3 is 0 Å². The third-order valence-corrected chi connectivity index (χ3v) is 4.66. The van der Waals surface area contributed by atoms with Crippen LogP contribution in [0.2, 0.25) is 0 Å². The Hall–Kier alpha value is -1.72. The van der Waals surface area contributed by atoms with Crippen molar-refractivity contribution in [3.05, 3.63) is 58.1 Å². The van der Waals surface area contributed by atoms with Crippen LogP contribution in [0.4, 0.5) is 5.13 Å². The summed E-state index contributed by atoms with van der Waals surface area (Å²) in [5.74, 6) is 0. The first-order valence-electron chi connectivity index (χ1n) is 6.56. The van der Waals surface area contributed by atoms with Gasteiger partial charge in [-0.05, 0) is 43.2 Å². The van der Waals surface area contributed by atoms with E-state index in [9.17, 15) is 0 Å². The SMILES string of the molecule is C/C(=N\Nc1nc2c(C)cccc2s1)c1ccc(Br)cc1. The predicted octanol–water partition coefficient (Wildman–Crippen LogP) is 5.20. The molecule has 0 saturated heterocycles.